The summed E-state index contributed by atoms with van der Waals surface area (Å²) >= 11 is 0. The first-order valence-electron chi connectivity index (χ1n) is 9.64. The molecule has 3 aromatic heterocycles. The van der Waals surface area contributed by atoms with Crippen LogP contribution in [0.4, 0.5) is 11.6 Å². The van der Waals surface area contributed by atoms with Gasteiger partial charge in [-0.3, -0.25) is 9.20 Å². The van der Waals surface area contributed by atoms with Gasteiger partial charge >= 0.3 is 0 Å². The van der Waals surface area contributed by atoms with Crippen molar-refractivity contribution in [1.29, 1.82) is 0 Å². The van der Waals surface area contributed by atoms with Crippen LogP contribution in [0, 0.1) is 13.8 Å². The van der Waals surface area contributed by atoms with E-state index in [1.165, 1.54) is 0 Å². The molecule has 4 rings (SSSR count). The molecule has 1 saturated heterocycles. The number of carbonyl (C=O) groups is 1. The van der Waals surface area contributed by atoms with E-state index in [1.807, 2.05) is 60.5 Å². The molecule has 0 saturated carbocycles. The maximum Gasteiger partial charge on any atom is 0.272 e. The van der Waals surface area contributed by atoms with Crippen molar-refractivity contribution in [3.8, 4) is 0 Å². The number of carbonyl (C=O) groups excluding carboxylic acids is 1. The molecule has 0 unspecified atom stereocenters. The highest BCUT2D eigenvalue weighted by Crippen LogP contribution is 2.20. The van der Waals surface area contributed by atoms with E-state index < -0.39 is 0 Å². The summed E-state index contributed by atoms with van der Waals surface area (Å²) in [5.74, 6) is 2.52. The number of fused-ring (bicyclic) bond motifs is 1. The Balaban J connectivity index is 1.50. The molecular weight excluding hydrogens is 354 g/mol. The minimum Gasteiger partial charge on any atom is -0.370 e. The zero-order valence-electron chi connectivity index (χ0n) is 16.5. The van der Waals surface area contributed by atoms with Gasteiger partial charge in [0.15, 0.2) is 0 Å². The van der Waals surface area contributed by atoms with E-state index in [0.717, 1.165) is 48.4 Å². The summed E-state index contributed by atoms with van der Waals surface area (Å²) in [6.45, 7) is 9.43. The Morgan fingerprint density at radius 1 is 1.11 bits per heavy atom. The largest absolute Gasteiger partial charge is 0.370 e. The highest BCUT2D eigenvalue weighted by Gasteiger charge is 2.26. The van der Waals surface area contributed by atoms with Crippen molar-refractivity contribution in [2.75, 3.05) is 42.9 Å². The van der Waals surface area contributed by atoms with Gasteiger partial charge in [-0.25, -0.2) is 15.0 Å². The second-order valence-corrected chi connectivity index (χ2v) is 6.94. The second-order valence-electron chi connectivity index (χ2n) is 6.94. The zero-order valence-corrected chi connectivity index (χ0v) is 16.5. The van der Waals surface area contributed by atoms with Crippen molar-refractivity contribution in [2.24, 2.45) is 0 Å². The lowest BCUT2D eigenvalue weighted by molar-refractivity contribution is 0.0738. The second kappa shape index (κ2) is 7.46. The van der Waals surface area contributed by atoms with E-state index >= 15 is 0 Å². The van der Waals surface area contributed by atoms with Crippen LogP contribution in [-0.4, -0.2) is 62.9 Å². The molecule has 0 atom stereocenters. The fourth-order valence-corrected chi connectivity index (χ4v) is 3.65. The standard InChI is InChI=1S/C20H25N7O/c1-4-21-16-13-18(24-15(3)23-16)25-9-11-26(12-10-25)20(28)19-14(2)22-17-7-5-6-8-27(17)19/h5-8,13H,4,9-12H2,1-3H3,(H,21,23,24). The first-order valence-corrected chi connectivity index (χ1v) is 9.64. The van der Waals surface area contributed by atoms with Crippen LogP contribution < -0.4 is 10.2 Å². The Bertz CT molecular complexity index is 1000. The molecule has 0 bridgehead atoms. The van der Waals surface area contributed by atoms with Crippen LogP contribution in [0.2, 0.25) is 0 Å². The van der Waals surface area contributed by atoms with Gasteiger partial charge in [-0.1, -0.05) is 6.07 Å². The molecule has 8 nitrogen and oxygen atoms in total. The number of hydrogen-bond acceptors (Lipinski definition) is 6. The number of nitrogens with zero attached hydrogens (tertiary/aromatic N) is 6. The van der Waals surface area contributed by atoms with Crippen LogP contribution in [0.5, 0.6) is 0 Å². The predicted octanol–water partition coefficient (Wildman–Crippen LogP) is 2.14. The Kier molecular flexibility index (Phi) is 4.85. The molecule has 1 aliphatic heterocycles. The molecule has 8 heteroatoms. The molecule has 146 valence electrons. The zero-order chi connectivity index (χ0) is 19.7. The third-order valence-electron chi connectivity index (χ3n) is 4.98. The minimum atomic E-state index is 0.0306. The van der Waals surface area contributed by atoms with E-state index in [0.29, 0.717) is 18.8 Å². The number of rotatable bonds is 4. The Labute approximate surface area is 164 Å². The molecule has 4 heterocycles. The first kappa shape index (κ1) is 18.2. The number of imidazole rings is 1. The average Bonchev–Trinajstić information content (AvgIpc) is 3.03. The lowest BCUT2D eigenvalue weighted by atomic mass is 10.2. The van der Waals surface area contributed by atoms with E-state index in [-0.39, 0.29) is 5.91 Å². The van der Waals surface area contributed by atoms with Crippen molar-refractivity contribution in [2.45, 2.75) is 20.8 Å². The number of aromatic nitrogens is 4. The van der Waals surface area contributed by atoms with E-state index in [1.54, 1.807) is 0 Å². The van der Waals surface area contributed by atoms with Crippen molar-refractivity contribution >= 4 is 23.2 Å². The SMILES string of the molecule is CCNc1cc(N2CCN(C(=O)c3c(C)nc4ccccn34)CC2)nc(C)n1. The van der Waals surface area contributed by atoms with Crippen LogP contribution in [0.25, 0.3) is 5.65 Å². The monoisotopic (exact) mass is 379 g/mol. The topological polar surface area (TPSA) is 78.7 Å². The van der Waals surface area contributed by atoms with Crippen LogP contribution in [0.3, 0.4) is 0 Å². The maximum absolute atomic E-state index is 13.1. The van der Waals surface area contributed by atoms with E-state index in [2.05, 4.69) is 25.2 Å². The van der Waals surface area contributed by atoms with Gasteiger partial charge in [-0.15, -0.1) is 0 Å². The van der Waals surface area contributed by atoms with Gasteiger partial charge in [-0.05, 0) is 32.9 Å². The third kappa shape index (κ3) is 3.37. The maximum atomic E-state index is 13.1. The third-order valence-corrected chi connectivity index (χ3v) is 4.98. The highest BCUT2D eigenvalue weighted by molar-refractivity contribution is 5.94. The molecule has 1 amide bonds. The minimum absolute atomic E-state index is 0.0306. The summed E-state index contributed by atoms with van der Waals surface area (Å²) < 4.78 is 1.88. The molecule has 1 fully saturated rings. The Morgan fingerprint density at radius 3 is 2.64 bits per heavy atom. The molecule has 1 aliphatic rings. The van der Waals surface area contributed by atoms with Crippen molar-refractivity contribution in [1.82, 2.24) is 24.3 Å². The summed E-state index contributed by atoms with van der Waals surface area (Å²) in [5, 5.41) is 3.24. The number of nitrogens with one attached hydrogen (secondary N) is 1. The molecule has 0 radical (unpaired) electrons. The van der Waals surface area contributed by atoms with Gasteiger partial charge in [0.1, 0.15) is 28.8 Å². The highest BCUT2D eigenvalue weighted by atomic mass is 16.2. The number of aryl methyl sites for hydroxylation is 2. The molecule has 3 aromatic rings. The summed E-state index contributed by atoms with van der Waals surface area (Å²) in [4.78, 5) is 30.7. The van der Waals surface area contributed by atoms with E-state index in [9.17, 15) is 4.79 Å². The lowest BCUT2D eigenvalue weighted by Crippen LogP contribution is -2.49. The van der Waals surface area contributed by atoms with Crippen molar-refractivity contribution in [3.63, 3.8) is 0 Å². The molecule has 1 N–H and O–H groups in total. The Hall–Kier alpha value is -3.16. The number of pyridine rings is 1. The summed E-state index contributed by atoms with van der Waals surface area (Å²) in [7, 11) is 0. The van der Waals surface area contributed by atoms with Crippen molar-refractivity contribution in [3.05, 3.63) is 47.7 Å². The number of amides is 1. The van der Waals surface area contributed by atoms with Crippen LogP contribution in [0.15, 0.2) is 30.5 Å². The number of anilines is 2. The van der Waals surface area contributed by atoms with Gasteiger partial charge < -0.3 is 15.1 Å². The van der Waals surface area contributed by atoms with Crippen LogP contribution in [-0.2, 0) is 0 Å². The fraction of sp³-hybridized carbons (Fsp3) is 0.400. The van der Waals surface area contributed by atoms with E-state index in [4.69, 9.17) is 0 Å². The van der Waals surface area contributed by atoms with Gasteiger partial charge in [-0.2, -0.15) is 0 Å². The van der Waals surface area contributed by atoms with Gasteiger partial charge in [0, 0.05) is 45.0 Å². The van der Waals surface area contributed by atoms with Crippen molar-refractivity contribution < 1.29 is 4.79 Å². The molecular formula is C20H25N7O. The predicted molar refractivity (Wildman–Crippen MR) is 109 cm³/mol. The van der Waals surface area contributed by atoms with Gasteiger partial charge in [0.25, 0.3) is 5.91 Å². The molecule has 0 aromatic carbocycles. The molecule has 0 spiro atoms. The smallest absolute Gasteiger partial charge is 0.272 e. The van der Waals surface area contributed by atoms with Gasteiger partial charge in [0.2, 0.25) is 0 Å². The summed E-state index contributed by atoms with van der Waals surface area (Å²) in [6.07, 6.45) is 1.89. The fourth-order valence-electron chi connectivity index (χ4n) is 3.65. The number of piperazine rings is 1. The number of hydrogen-bond donors (Lipinski definition) is 1. The molecule has 0 aliphatic carbocycles. The first-order chi connectivity index (χ1) is 13.6. The van der Waals surface area contributed by atoms with Crippen LogP contribution in [0.1, 0.15) is 28.9 Å². The quantitative estimate of drug-likeness (QED) is 0.748. The lowest BCUT2D eigenvalue weighted by Gasteiger charge is -2.35. The summed E-state index contributed by atoms with van der Waals surface area (Å²) in [6, 6.07) is 7.74. The summed E-state index contributed by atoms with van der Waals surface area (Å²) in [5.41, 5.74) is 2.21. The average molecular weight is 379 g/mol. The normalized spacial score (nSPS) is 14.5. The van der Waals surface area contributed by atoms with Crippen LogP contribution >= 0.6 is 0 Å². The van der Waals surface area contributed by atoms with Gasteiger partial charge in [0.05, 0.1) is 5.69 Å². The molecule has 28 heavy (non-hydrogen) atoms. The Morgan fingerprint density at radius 2 is 1.89 bits per heavy atom.